The minimum absolute atomic E-state index is 0.142. The first-order chi connectivity index (χ1) is 8.47. The van der Waals surface area contributed by atoms with Crippen molar-refractivity contribution >= 4 is 70.7 Å². The van der Waals surface area contributed by atoms with Gasteiger partial charge in [-0.15, -0.1) is 11.3 Å². The van der Waals surface area contributed by atoms with E-state index in [0.29, 0.717) is 13.8 Å². The Hall–Kier alpha value is -0.240. The lowest BCUT2D eigenvalue weighted by Crippen LogP contribution is -2.12. The Morgan fingerprint density at radius 3 is 2.56 bits per heavy atom. The molecule has 0 saturated heterocycles. The second-order valence-corrected chi connectivity index (χ2v) is 7.98. The zero-order valence-corrected chi connectivity index (χ0v) is 14.2. The predicted octanol–water partition coefficient (Wildman–Crippen LogP) is 5.43. The van der Waals surface area contributed by atoms with E-state index in [1.165, 1.54) is 23.5 Å². The van der Waals surface area contributed by atoms with Crippen LogP contribution in [0.15, 0.2) is 36.3 Å². The quantitative estimate of drug-likeness (QED) is 0.640. The van der Waals surface area contributed by atoms with Gasteiger partial charge in [-0.25, -0.2) is 4.39 Å². The molecule has 1 aromatic carbocycles. The molecule has 0 atom stereocenters. The fourth-order valence-electron chi connectivity index (χ4n) is 1.28. The molecule has 1 heterocycles. The van der Waals surface area contributed by atoms with E-state index in [1.807, 2.05) is 0 Å². The molecule has 0 saturated carbocycles. The summed E-state index contributed by atoms with van der Waals surface area (Å²) in [6.07, 6.45) is 0. The van der Waals surface area contributed by atoms with Gasteiger partial charge in [0.15, 0.2) is 0 Å². The first-order valence-corrected chi connectivity index (χ1v) is 7.88. The summed E-state index contributed by atoms with van der Waals surface area (Å²) in [4.78, 5) is 12.0. The molecule has 94 valence electrons. The summed E-state index contributed by atoms with van der Waals surface area (Å²) in [5, 5.41) is 2.53. The Kier molecular flexibility index (Phi) is 4.58. The van der Waals surface area contributed by atoms with Crippen molar-refractivity contribution in [3.8, 4) is 0 Å². The van der Waals surface area contributed by atoms with Crippen LogP contribution in [0.25, 0.3) is 0 Å². The number of hydrogen-bond donors (Lipinski definition) is 1. The van der Waals surface area contributed by atoms with Crippen LogP contribution in [0.4, 0.5) is 10.1 Å². The van der Waals surface area contributed by atoms with Gasteiger partial charge >= 0.3 is 0 Å². The van der Waals surface area contributed by atoms with E-state index < -0.39 is 5.82 Å². The highest BCUT2D eigenvalue weighted by Crippen LogP contribution is 2.32. The number of hydrogen-bond acceptors (Lipinski definition) is 2. The first-order valence-electron chi connectivity index (χ1n) is 4.68. The minimum atomic E-state index is -0.475. The van der Waals surface area contributed by atoms with Gasteiger partial charge < -0.3 is 5.32 Å². The molecule has 0 aliphatic heterocycles. The molecule has 2 rings (SSSR count). The van der Waals surface area contributed by atoms with Crippen LogP contribution in [0.1, 0.15) is 10.4 Å². The smallest absolute Gasteiger partial charge is 0.257 e. The van der Waals surface area contributed by atoms with Crippen LogP contribution in [0.5, 0.6) is 0 Å². The van der Waals surface area contributed by atoms with E-state index in [0.717, 1.165) is 3.79 Å². The van der Waals surface area contributed by atoms with Gasteiger partial charge in [-0.1, -0.05) is 15.9 Å². The largest absolute Gasteiger partial charge is 0.319 e. The normalized spacial score (nSPS) is 10.4. The fraction of sp³-hybridized carbons (Fsp3) is 0. The molecule has 7 heteroatoms. The molecule has 0 aliphatic rings. The van der Waals surface area contributed by atoms with E-state index >= 15 is 0 Å². The van der Waals surface area contributed by atoms with E-state index in [4.69, 9.17) is 0 Å². The van der Waals surface area contributed by atoms with Crippen molar-refractivity contribution in [3.63, 3.8) is 0 Å². The Balaban J connectivity index is 2.26. The van der Waals surface area contributed by atoms with Gasteiger partial charge in [-0.05, 0) is 56.1 Å². The molecule has 1 aromatic heterocycles. The lowest BCUT2D eigenvalue weighted by molar-refractivity contribution is 0.102. The highest BCUT2D eigenvalue weighted by molar-refractivity contribution is 9.12. The molecular formula is C11H5Br3FNOS. The lowest BCUT2D eigenvalue weighted by Gasteiger charge is -2.06. The summed E-state index contributed by atoms with van der Waals surface area (Å²) in [5.74, 6) is -0.835. The van der Waals surface area contributed by atoms with Gasteiger partial charge in [0.25, 0.3) is 5.91 Å². The van der Waals surface area contributed by atoms with Gasteiger partial charge in [0.1, 0.15) is 5.82 Å². The zero-order valence-electron chi connectivity index (χ0n) is 8.64. The SMILES string of the molecule is O=C(Nc1cc(Br)ccc1F)c1cc(Br)sc1Br. The maximum Gasteiger partial charge on any atom is 0.257 e. The molecule has 0 fully saturated rings. The highest BCUT2D eigenvalue weighted by atomic mass is 79.9. The molecule has 1 amide bonds. The van der Waals surface area contributed by atoms with Crippen molar-refractivity contribution in [2.45, 2.75) is 0 Å². The van der Waals surface area contributed by atoms with Gasteiger partial charge in [-0.3, -0.25) is 4.79 Å². The number of nitrogens with one attached hydrogen (secondary N) is 1. The van der Waals surface area contributed by atoms with Crippen LogP contribution in [0.3, 0.4) is 0 Å². The predicted molar refractivity (Wildman–Crippen MR) is 81.8 cm³/mol. The molecule has 1 N–H and O–H groups in total. The molecule has 2 nitrogen and oxygen atoms in total. The topological polar surface area (TPSA) is 29.1 Å². The lowest BCUT2D eigenvalue weighted by atomic mass is 10.2. The van der Waals surface area contributed by atoms with Crippen LogP contribution in [-0.2, 0) is 0 Å². The first kappa shape index (κ1) is 14.2. The Morgan fingerprint density at radius 2 is 1.94 bits per heavy atom. The summed E-state index contributed by atoms with van der Waals surface area (Å²) in [6.45, 7) is 0. The van der Waals surface area contributed by atoms with Gasteiger partial charge in [0, 0.05) is 4.47 Å². The Labute approximate surface area is 132 Å². The van der Waals surface area contributed by atoms with Gasteiger partial charge in [0.2, 0.25) is 0 Å². The number of carbonyl (C=O) groups is 1. The van der Waals surface area contributed by atoms with Gasteiger partial charge in [-0.2, -0.15) is 0 Å². The molecule has 0 unspecified atom stereocenters. The van der Waals surface area contributed by atoms with Crippen molar-refractivity contribution in [1.29, 1.82) is 0 Å². The summed E-state index contributed by atoms with van der Waals surface area (Å²) >= 11 is 11.2. The number of thiophene rings is 1. The summed E-state index contributed by atoms with van der Waals surface area (Å²) in [6, 6.07) is 6.06. The molecule has 18 heavy (non-hydrogen) atoms. The minimum Gasteiger partial charge on any atom is -0.319 e. The maximum absolute atomic E-state index is 13.5. The molecule has 0 bridgehead atoms. The Morgan fingerprint density at radius 1 is 1.22 bits per heavy atom. The van der Waals surface area contributed by atoms with Crippen molar-refractivity contribution < 1.29 is 9.18 Å². The zero-order chi connectivity index (χ0) is 13.3. The standard InChI is InChI=1S/C11H5Br3FNOS/c12-5-1-2-7(15)8(3-5)16-11(17)6-4-9(13)18-10(6)14/h1-4H,(H,16,17). The third kappa shape index (κ3) is 3.20. The summed E-state index contributed by atoms with van der Waals surface area (Å²) < 4.78 is 15.7. The van der Waals surface area contributed by atoms with E-state index in [1.54, 1.807) is 12.1 Å². The average molecular weight is 458 g/mol. The van der Waals surface area contributed by atoms with Crippen molar-refractivity contribution in [1.82, 2.24) is 0 Å². The summed E-state index contributed by atoms with van der Waals surface area (Å²) in [5.41, 5.74) is 0.606. The Bertz CT molecular complexity index is 614. The third-order valence-corrected chi connectivity index (χ3v) is 4.91. The number of amides is 1. The number of anilines is 1. The van der Waals surface area contributed by atoms with Crippen molar-refractivity contribution in [3.05, 3.63) is 47.7 Å². The monoisotopic (exact) mass is 455 g/mol. The third-order valence-electron chi connectivity index (χ3n) is 2.08. The van der Waals surface area contributed by atoms with Crippen molar-refractivity contribution in [2.24, 2.45) is 0 Å². The second-order valence-electron chi connectivity index (χ2n) is 3.32. The molecule has 0 aliphatic carbocycles. The van der Waals surface area contributed by atoms with E-state index in [-0.39, 0.29) is 11.6 Å². The summed E-state index contributed by atoms with van der Waals surface area (Å²) in [7, 11) is 0. The molecule has 0 radical (unpaired) electrons. The number of carbonyl (C=O) groups excluding carboxylic acids is 1. The van der Waals surface area contributed by atoms with Crippen molar-refractivity contribution in [2.75, 3.05) is 5.32 Å². The number of rotatable bonds is 2. The van der Waals surface area contributed by atoms with Gasteiger partial charge in [0.05, 0.1) is 18.8 Å². The maximum atomic E-state index is 13.5. The second kappa shape index (κ2) is 5.81. The number of benzene rings is 1. The average Bonchev–Trinajstić information content (AvgIpc) is 2.63. The van der Waals surface area contributed by atoms with Crippen LogP contribution in [0, 0.1) is 5.82 Å². The molecule has 0 spiro atoms. The number of halogens is 4. The van der Waals surface area contributed by atoms with Crippen LogP contribution in [0.2, 0.25) is 0 Å². The van der Waals surface area contributed by atoms with Crippen LogP contribution >= 0.6 is 59.1 Å². The van der Waals surface area contributed by atoms with E-state index in [9.17, 15) is 9.18 Å². The molecule has 2 aromatic rings. The van der Waals surface area contributed by atoms with Crippen LogP contribution in [-0.4, -0.2) is 5.91 Å². The fourth-order valence-corrected chi connectivity index (χ4v) is 4.43. The molecular weight excluding hydrogens is 453 g/mol. The highest BCUT2D eigenvalue weighted by Gasteiger charge is 2.15. The van der Waals surface area contributed by atoms with E-state index in [2.05, 4.69) is 53.1 Å². The van der Waals surface area contributed by atoms with Crippen LogP contribution < -0.4 is 5.32 Å².